The van der Waals surface area contributed by atoms with Gasteiger partial charge in [0, 0.05) is 18.5 Å². The molecule has 0 N–H and O–H groups in total. The first kappa shape index (κ1) is 20.3. The van der Waals surface area contributed by atoms with Crippen LogP contribution in [-0.2, 0) is 11.2 Å². The van der Waals surface area contributed by atoms with Crippen molar-refractivity contribution in [2.24, 2.45) is 0 Å². The van der Waals surface area contributed by atoms with Crippen LogP contribution < -0.4 is 20.6 Å². The molecule has 0 spiro atoms. The van der Waals surface area contributed by atoms with E-state index in [1.54, 1.807) is 4.90 Å². The Hall–Kier alpha value is -3.65. The maximum Gasteiger partial charge on any atom is 0.296 e. The zero-order valence-electron chi connectivity index (χ0n) is 17.4. The molecule has 8 heteroatoms. The van der Waals surface area contributed by atoms with Crippen molar-refractivity contribution in [2.75, 3.05) is 11.4 Å². The summed E-state index contributed by atoms with van der Waals surface area (Å²) in [6.07, 6.45) is 2.10. The predicted octanol–water partition coefficient (Wildman–Crippen LogP) is 2.17. The topological polar surface area (TPSA) is 84.6 Å². The Kier molecular flexibility index (Phi) is 5.14. The minimum absolute atomic E-state index is 0.191. The van der Waals surface area contributed by atoms with Crippen LogP contribution in [0, 0.1) is 0 Å². The molecule has 2 aromatic carbocycles. The molecule has 0 radical (unpaired) electrons. The Morgan fingerprint density at radius 1 is 0.969 bits per heavy atom. The Morgan fingerprint density at radius 3 is 2.50 bits per heavy atom. The van der Waals surface area contributed by atoms with Gasteiger partial charge in [0.2, 0.25) is 4.96 Å². The third-order valence-corrected chi connectivity index (χ3v) is 6.56. The van der Waals surface area contributed by atoms with Gasteiger partial charge in [-0.25, -0.2) is 0 Å². The number of para-hydroxylation sites is 1. The Morgan fingerprint density at radius 2 is 1.72 bits per heavy atom. The molecule has 160 valence electrons. The highest BCUT2D eigenvalue weighted by molar-refractivity contribution is 7.15. The smallest absolute Gasteiger partial charge is 0.296 e. The minimum Gasteiger partial charge on any atom is -0.308 e. The monoisotopic (exact) mass is 444 g/mol. The van der Waals surface area contributed by atoms with E-state index in [-0.39, 0.29) is 27.5 Å². The van der Waals surface area contributed by atoms with Crippen molar-refractivity contribution in [3.63, 3.8) is 0 Å². The average molecular weight is 445 g/mol. The number of hydrogen-bond donors (Lipinski definition) is 0. The third kappa shape index (κ3) is 3.33. The zero-order chi connectivity index (χ0) is 22.2. The molecular weight excluding hydrogens is 424 g/mol. The molecule has 7 nitrogen and oxygen atoms in total. The summed E-state index contributed by atoms with van der Waals surface area (Å²) < 4.78 is 1.41. The lowest BCUT2D eigenvalue weighted by Crippen LogP contribution is -2.33. The van der Waals surface area contributed by atoms with E-state index in [0.29, 0.717) is 12.1 Å². The van der Waals surface area contributed by atoms with Gasteiger partial charge in [0.15, 0.2) is 0 Å². The Labute approximate surface area is 187 Å². The number of aromatic nitrogens is 3. The molecule has 0 unspecified atom stereocenters. The number of unbranched alkanes of at least 4 members (excludes halogenated alkanes) is 1. The summed E-state index contributed by atoms with van der Waals surface area (Å²) in [5.41, 5.74) is 2.10. The number of benzene rings is 2. The summed E-state index contributed by atoms with van der Waals surface area (Å²) in [5, 5.41) is 4.31. The standard InChI is InChI=1S/C24H20N4O3S/c1-2-3-13-27-18-12-8-7-11-16(18)19(22(27)30)20-23(31)28-24(32-20)25-21(29)17(26-28)14-15-9-5-4-6-10-15/h4-12H,2-3,13-14H2,1H3/b20-19-. The maximum absolute atomic E-state index is 13.3. The zero-order valence-corrected chi connectivity index (χ0v) is 18.3. The van der Waals surface area contributed by atoms with E-state index in [2.05, 4.69) is 17.0 Å². The van der Waals surface area contributed by atoms with E-state index >= 15 is 0 Å². The molecule has 1 amide bonds. The molecule has 0 saturated heterocycles. The fourth-order valence-corrected chi connectivity index (χ4v) is 4.92. The summed E-state index contributed by atoms with van der Waals surface area (Å²) in [6, 6.07) is 16.9. The lowest BCUT2D eigenvalue weighted by molar-refractivity contribution is -0.113. The van der Waals surface area contributed by atoms with Crippen LogP contribution in [0.4, 0.5) is 5.69 Å². The molecule has 0 saturated carbocycles. The number of carbonyl (C=O) groups excluding carboxylic acids is 1. The SMILES string of the molecule is CCCCN1C(=O)/C(=c2\sc3nc(=O)c(Cc4ccccc4)nn3c2=O)c2ccccc21. The van der Waals surface area contributed by atoms with Gasteiger partial charge in [-0.05, 0) is 18.1 Å². The Balaban J connectivity index is 1.69. The highest BCUT2D eigenvalue weighted by atomic mass is 32.1. The van der Waals surface area contributed by atoms with E-state index in [0.717, 1.165) is 45.5 Å². The van der Waals surface area contributed by atoms with E-state index in [4.69, 9.17) is 0 Å². The van der Waals surface area contributed by atoms with Crippen molar-refractivity contribution < 1.29 is 4.79 Å². The first-order chi connectivity index (χ1) is 15.6. The number of carbonyl (C=O) groups is 1. The van der Waals surface area contributed by atoms with Crippen LogP contribution in [0.2, 0.25) is 0 Å². The molecule has 0 bridgehead atoms. The largest absolute Gasteiger partial charge is 0.308 e. The lowest BCUT2D eigenvalue weighted by Gasteiger charge is -2.16. The van der Waals surface area contributed by atoms with Gasteiger partial charge in [-0.3, -0.25) is 14.4 Å². The minimum atomic E-state index is -0.464. The fourth-order valence-electron chi connectivity index (χ4n) is 3.93. The van der Waals surface area contributed by atoms with Crippen LogP contribution in [0.3, 0.4) is 0 Å². The second-order valence-electron chi connectivity index (χ2n) is 7.66. The number of hydrogen-bond acceptors (Lipinski definition) is 6. The highest BCUT2D eigenvalue weighted by Gasteiger charge is 2.33. The Bertz CT molecular complexity index is 1510. The van der Waals surface area contributed by atoms with Crippen molar-refractivity contribution in [3.8, 4) is 0 Å². The molecule has 1 aliphatic rings. The molecule has 0 fully saturated rings. The van der Waals surface area contributed by atoms with E-state index in [1.807, 2.05) is 54.6 Å². The first-order valence-electron chi connectivity index (χ1n) is 10.5. The molecule has 32 heavy (non-hydrogen) atoms. The number of anilines is 1. The van der Waals surface area contributed by atoms with Crippen molar-refractivity contribution in [1.82, 2.24) is 14.6 Å². The van der Waals surface area contributed by atoms with Crippen LogP contribution in [0.15, 0.2) is 64.2 Å². The van der Waals surface area contributed by atoms with Gasteiger partial charge in [-0.2, -0.15) is 14.6 Å². The second-order valence-corrected chi connectivity index (χ2v) is 8.64. The molecule has 0 atom stereocenters. The molecule has 0 aliphatic carbocycles. The van der Waals surface area contributed by atoms with Crippen molar-refractivity contribution in [3.05, 3.63) is 96.7 Å². The van der Waals surface area contributed by atoms with Crippen molar-refractivity contribution >= 4 is 33.5 Å². The van der Waals surface area contributed by atoms with E-state index in [1.165, 1.54) is 0 Å². The third-order valence-electron chi connectivity index (χ3n) is 5.53. The highest BCUT2D eigenvalue weighted by Crippen LogP contribution is 2.35. The summed E-state index contributed by atoms with van der Waals surface area (Å²) in [6.45, 7) is 2.66. The molecule has 4 aromatic rings. The number of thiazole rings is 1. The molecule has 2 aromatic heterocycles. The molecule has 5 rings (SSSR count). The summed E-state index contributed by atoms with van der Waals surface area (Å²) in [4.78, 5) is 45.2. The predicted molar refractivity (Wildman–Crippen MR) is 124 cm³/mol. The van der Waals surface area contributed by atoms with Crippen molar-refractivity contribution in [2.45, 2.75) is 26.2 Å². The maximum atomic E-state index is 13.3. The normalized spacial score (nSPS) is 14.9. The van der Waals surface area contributed by atoms with Gasteiger partial charge in [0.05, 0.1) is 11.3 Å². The van der Waals surface area contributed by atoms with Crippen LogP contribution in [0.25, 0.3) is 10.5 Å². The van der Waals surface area contributed by atoms with Gasteiger partial charge in [-0.1, -0.05) is 73.2 Å². The average Bonchev–Trinajstić information content (AvgIpc) is 3.26. The van der Waals surface area contributed by atoms with Crippen LogP contribution in [0.1, 0.15) is 36.6 Å². The molecular formula is C24H20N4O3S. The van der Waals surface area contributed by atoms with Gasteiger partial charge in [0.25, 0.3) is 17.0 Å². The number of fused-ring (bicyclic) bond motifs is 2. The van der Waals surface area contributed by atoms with Gasteiger partial charge < -0.3 is 4.90 Å². The van der Waals surface area contributed by atoms with Crippen LogP contribution in [-0.4, -0.2) is 27.0 Å². The number of rotatable bonds is 5. The summed E-state index contributed by atoms with van der Waals surface area (Å²) >= 11 is 1.04. The van der Waals surface area contributed by atoms with E-state index in [9.17, 15) is 14.4 Å². The number of nitrogens with zero attached hydrogens (tertiary/aromatic N) is 4. The fraction of sp³-hybridized carbons (Fsp3) is 0.208. The van der Waals surface area contributed by atoms with Crippen LogP contribution in [0.5, 0.6) is 0 Å². The number of amides is 1. The summed E-state index contributed by atoms with van der Waals surface area (Å²) in [5.74, 6) is -0.198. The second kappa shape index (κ2) is 8.12. The first-order valence-corrected chi connectivity index (χ1v) is 11.3. The summed E-state index contributed by atoms with van der Waals surface area (Å²) in [7, 11) is 0. The van der Waals surface area contributed by atoms with Gasteiger partial charge >= 0.3 is 0 Å². The van der Waals surface area contributed by atoms with E-state index < -0.39 is 11.1 Å². The lowest BCUT2D eigenvalue weighted by atomic mass is 10.1. The molecule has 3 heterocycles. The molecule has 1 aliphatic heterocycles. The van der Waals surface area contributed by atoms with Crippen molar-refractivity contribution in [1.29, 1.82) is 0 Å². The van der Waals surface area contributed by atoms with Gasteiger partial charge in [-0.15, -0.1) is 0 Å². The van der Waals surface area contributed by atoms with Gasteiger partial charge in [0.1, 0.15) is 10.2 Å². The quantitative estimate of drug-likeness (QED) is 0.471. The van der Waals surface area contributed by atoms with Crippen LogP contribution >= 0.6 is 11.3 Å².